The highest BCUT2D eigenvalue weighted by Gasteiger charge is 2.21. The summed E-state index contributed by atoms with van der Waals surface area (Å²) in [5, 5.41) is 3.40. The van der Waals surface area contributed by atoms with Crippen molar-refractivity contribution >= 4 is 17.7 Å². The van der Waals surface area contributed by atoms with Crippen LogP contribution >= 0.6 is 11.8 Å². The zero-order valence-electron chi connectivity index (χ0n) is 11.2. The molecular weight excluding hydrogens is 232 g/mol. The van der Waals surface area contributed by atoms with Gasteiger partial charge in [0.1, 0.15) is 0 Å². The first-order valence-corrected chi connectivity index (χ1v) is 7.99. The molecule has 0 atom stereocenters. The van der Waals surface area contributed by atoms with E-state index in [0.717, 1.165) is 57.1 Å². The zero-order valence-corrected chi connectivity index (χ0v) is 12.0. The predicted octanol–water partition coefficient (Wildman–Crippen LogP) is 1.98. The molecule has 0 unspecified atom stereocenters. The average Bonchev–Trinajstić information content (AvgIpc) is 2.37. The van der Waals surface area contributed by atoms with Crippen LogP contribution in [0.1, 0.15) is 33.1 Å². The number of hydrogen-bond donors (Lipinski definition) is 1. The molecule has 1 aliphatic rings. The lowest BCUT2D eigenvalue weighted by molar-refractivity contribution is -0.129. The van der Waals surface area contributed by atoms with E-state index < -0.39 is 0 Å². The molecule has 0 aliphatic carbocycles. The van der Waals surface area contributed by atoms with Gasteiger partial charge >= 0.3 is 0 Å². The maximum Gasteiger partial charge on any atom is 0.232 e. The Labute approximate surface area is 110 Å². The van der Waals surface area contributed by atoms with Gasteiger partial charge in [-0.2, -0.15) is 11.8 Å². The van der Waals surface area contributed by atoms with Gasteiger partial charge in [0.25, 0.3) is 0 Å². The molecule has 100 valence electrons. The molecule has 0 bridgehead atoms. The van der Waals surface area contributed by atoms with E-state index in [4.69, 9.17) is 0 Å². The van der Waals surface area contributed by atoms with Crippen LogP contribution in [0.3, 0.4) is 0 Å². The van der Waals surface area contributed by atoms with Gasteiger partial charge in [-0.1, -0.05) is 13.8 Å². The van der Waals surface area contributed by atoms with Gasteiger partial charge in [-0.25, -0.2) is 0 Å². The molecule has 1 saturated heterocycles. The van der Waals surface area contributed by atoms with Gasteiger partial charge in [0.2, 0.25) is 5.91 Å². The molecule has 0 aromatic rings. The Bertz CT molecular complexity index is 215. The summed E-state index contributed by atoms with van der Waals surface area (Å²) in [6.07, 6.45) is 3.48. The van der Waals surface area contributed by atoms with Gasteiger partial charge < -0.3 is 10.2 Å². The Kier molecular flexibility index (Phi) is 7.69. The van der Waals surface area contributed by atoms with Gasteiger partial charge in [0.05, 0.1) is 5.75 Å². The number of hydrogen-bond acceptors (Lipinski definition) is 3. The molecule has 17 heavy (non-hydrogen) atoms. The molecule has 1 fully saturated rings. The van der Waals surface area contributed by atoms with Crippen molar-refractivity contribution < 1.29 is 4.79 Å². The predicted molar refractivity (Wildman–Crippen MR) is 75.5 cm³/mol. The van der Waals surface area contributed by atoms with Crippen LogP contribution in [0.5, 0.6) is 0 Å². The van der Waals surface area contributed by atoms with Crippen molar-refractivity contribution in [1.82, 2.24) is 10.2 Å². The third-order valence-electron chi connectivity index (χ3n) is 3.22. The highest BCUT2D eigenvalue weighted by atomic mass is 32.2. The SMILES string of the molecule is CCCSCC(=O)N1CCC(CNCC)CC1. The van der Waals surface area contributed by atoms with E-state index in [0.29, 0.717) is 11.7 Å². The smallest absolute Gasteiger partial charge is 0.232 e. The number of thioether (sulfide) groups is 1. The van der Waals surface area contributed by atoms with Crippen LogP contribution < -0.4 is 5.32 Å². The molecule has 0 radical (unpaired) electrons. The van der Waals surface area contributed by atoms with E-state index in [2.05, 4.69) is 19.2 Å². The first-order chi connectivity index (χ1) is 8.27. The highest BCUT2D eigenvalue weighted by molar-refractivity contribution is 7.99. The van der Waals surface area contributed by atoms with Gasteiger partial charge in [0, 0.05) is 13.1 Å². The van der Waals surface area contributed by atoms with Crippen molar-refractivity contribution in [3.05, 3.63) is 0 Å². The standard InChI is InChI=1S/C13H26N2OS/c1-3-9-17-11-13(16)15-7-5-12(6-8-15)10-14-4-2/h12,14H,3-11H2,1-2H3. The van der Waals surface area contributed by atoms with Crippen molar-refractivity contribution in [3.8, 4) is 0 Å². The summed E-state index contributed by atoms with van der Waals surface area (Å²) in [5.41, 5.74) is 0. The molecule has 1 N–H and O–H groups in total. The molecule has 1 aliphatic heterocycles. The second-order valence-corrected chi connectivity index (χ2v) is 5.79. The fourth-order valence-electron chi connectivity index (χ4n) is 2.13. The molecule has 1 rings (SSSR count). The number of carbonyl (C=O) groups is 1. The number of nitrogens with one attached hydrogen (secondary N) is 1. The molecule has 0 spiro atoms. The van der Waals surface area contributed by atoms with E-state index in [1.165, 1.54) is 0 Å². The Morgan fingerprint density at radius 2 is 2.06 bits per heavy atom. The van der Waals surface area contributed by atoms with Gasteiger partial charge in [0.15, 0.2) is 0 Å². The Morgan fingerprint density at radius 3 is 2.65 bits per heavy atom. The second-order valence-electron chi connectivity index (χ2n) is 4.68. The maximum absolute atomic E-state index is 11.9. The summed E-state index contributed by atoms with van der Waals surface area (Å²) >= 11 is 1.77. The lowest BCUT2D eigenvalue weighted by Gasteiger charge is -2.32. The zero-order chi connectivity index (χ0) is 12.5. The molecule has 4 heteroatoms. The van der Waals surface area contributed by atoms with E-state index in [1.54, 1.807) is 11.8 Å². The molecule has 0 saturated carbocycles. The second kappa shape index (κ2) is 8.81. The van der Waals surface area contributed by atoms with E-state index in [9.17, 15) is 4.79 Å². The Morgan fingerprint density at radius 1 is 1.35 bits per heavy atom. The molecule has 1 amide bonds. The Balaban J connectivity index is 2.15. The van der Waals surface area contributed by atoms with Crippen LogP contribution in [0.4, 0.5) is 0 Å². The summed E-state index contributed by atoms with van der Waals surface area (Å²) in [7, 11) is 0. The lowest BCUT2D eigenvalue weighted by Crippen LogP contribution is -2.41. The van der Waals surface area contributed by atoms with Crippen molar-refractivity contribution in [2.75, 3.05) is 37.7 Å². The Hall–Kier alpha value is -0.220. The third-order valence-corrected chi connectivity index (χ3v) is 4.37. The van der Waals surface area contributed by atoms with Gasteiger partial charge in [-0.05, 0) is 44.0 Å². The minimum absolute atomic E-state index is 0.338. The van der Waals surface area contributed by atoms with E-state index in [1.807, 2.05) is 4.90 Å². The van der Waals surface area contributed by atoms with Crippen LogP contribution in [-0.4, -0.2) is 48.5 Å². The van der Waals surface area contributed by atoms with Crippen LogP contribution in [-0.2, 0) is 4.79 Å². The number of amides is 1. The van der Waals surface area contributed by atoms with Crippen LogP contribution in [0.2, 0.25) is 0 Å². The molecular formula is C13H26N2OS. The van der Waals surface area contributed by atoms with Gasteiger partial charge in [-0.15, -0.1) is 0 Å². The number of likely N-dealkylation sites (tertiary alicyclic amines) is 1. The molecule has 0 aromatic carbocycles. The first-order valence-electron chi connectivity index (χ1n) is 6.84. The summed E-state index contributed by atoms with van der Waals surface area (Å²) in [6, 6.07) is 0. The van der Waals surface area contributed by atoms with Crippen molar-refractivity contribution in [3.63, 3.8) is 0 Å². The molecule has 0 aromatic heterocycles. The topological polar surface area (TPSA) is 32.3 Å². The largest absolute Gasteiger partial charge is 0.342 e. The summed E-state index contributed by atoms with van der Waals surface area (Å²) < 4.78 is 0. The van der Waals surface area contributed by atoms with Crippen LogP contribution in [0.15, 0.2) is 0 Å². The monoisotopic (exact) mass is 258 g/mol. The van der Waals surface area contributed by atoms with Gasteiger partial charge in [-0.3, -0.25) is 4.79 Å². The van der Waals surface area contributed by atoms with Crippen molar-refractivity contribution in [1.29, 1.82) is 0 Å². The molecule has 1 heterocycles. The number of carbonyl (C=O) groups excluding carboxylic acids is 1. The lowest BCUT2D eigenvalue weighted by atomic mass is 9.97. The first kappa shape index (κ1) is 14.8. The van der Waals surface area contributed by atoms with E-state index >= 15 is 0 Å². The minimum Gasteiger partial charge on any atom is -0.342 e. The normalized spacial score (nSPS) is 17.4. The van der Waals surface area contributed by atoms with Crippen molar-refractivity contribution in [2.24, 2.45) is 5.92 Å². The number of piperidine rings is 1. The molecule has 3 nitrogen and oxygen atoms in total. The summed E-state index contributed by atoms with van der Waals surface area (Å²) in [5.74, 6) is 2.88. The fraction of sp³-hybridized carbons (Fsp3) is 0.923. The van der Waals surface area contributed by atoms with Crippen molar-refractivity contribution in [2.45, 2.75) is 33.1 Å². The quantitative estimate of drug-likeness (QED) is 0.709. The summed E-state index contributed by atoms with van der Waals surface area (Å²) in [4.78, 5) is 13.9. The maximum atomic E-state index is 11.9. The number of rotatable bonds is 7. The number of nitrogens with zero attached hydrogens (tertiary/aromatic N) is 1. The minimum atomic E-state index is 0.338. The third kappa shape index (κ3) is 5.77. The average molecular weight is 258 g/mol. The van der Waals surface area contributed by atoms with Crippen LogP contribution in [0.25, 0.3) is 0 Å². The van der Waals surface area contributed by atoms with E-state index in [-0.39, 0.29) is 0 Å². The summed E-state index contributed by atoms with van der Waals surface area (Å²) in [6.45, 7) is 8.38. The highest BCUT2D eigenvalue weighted by Crippen LogP contribution is 2.17. The fourth-order valence-corrected chi connectivity index (χ4v) is 2.92. The van der Waals surface area contributed by atoms with Crippen LogP contribution in [0, 0.1) is 5.92 Å².